The van der Waals surface area contributed by atoms with E-state index in [9.17, 15) is 9.59 Å². The SMILES string of the molecule is CC(C)(C)OC(=O)NC1(c2cccc(C(=O)O)c2)CC1. The van der Waals surface area contributed by atoms with Crippen molar-refractivity contribution in [2.24, 2.45) is 0 Å². The van der Waals surface area contributed by atoms with E-state index >= 15 is 0 Å². The molecule has 1 saturated carbocycles. The Morgan fingerprint density at radius 3 is 2.45 bits per heavy atom. The van der Waals surface area contributed by atoms with Crippen LogP contribution in [0.4, 0.5) is 4.79 Å². The summed E-state index contributed by atoms with van der Waals surface area (Å²) in [5.41, 5.74) is -0.000307. The van der Waals surface area contributed by atoms with E-state index in [0.717, 1.165) is 18.4 Å². The summed E-state index contributed by atoms with van der Waals surface area (Å²) in [6.07, 6.45) is 1.10. The second-order valence-electron chi connectivity index (χ2n) is 6.09. The Hall–Kier alpha value is -2.04. The van der Waals surface area contributed by atoms with Gasteiger partial charge in [0.05, 0.1) is 11.1 Å². The van der Waals surface area contributed by atoms with Gasteiger partial charge in [-0.3, -0.25) is 0 Å². The van der Waals surface area contributed by atoms with E-state index in [2.05, 4.69) is 5.32 Å². The number of carboxylic acids is 1. The molecule has 1 amide bonds. The molecular weight excluding hydrogens is 258 g/mol. The molecule has 0 saturated heterocycles. The van der Waals surface area contributed by atoms with Crippen molar-refractivity contribution >= 4 is 12.1 Å². The number of hydrogen-bond acceptors (Lipinski definition) is 3. The van der Waals surface area contributed by atoms with Gasteiger partial charge in [0.25, 0.3) is 0 Å². The second kappa shape index (κ2) is 4.81. The smallest absolute Gasteiger partial charge is 0.408 e. The predicted molar refractivity (Wildman–Crippen MR) is 73.7 cm³/mol. The van der Waals surface area contributed by atoms with Crippen molar-refractivity contribution < 1.29 is 19.4 Å². The molecule has 2 N–H and O–H groups in total. The minimum absolute atomic E-state index is 0.222. The van der Waals surface area contributed by atoms with E-state index in [0.29, 0.717) is 0 Å². The topological polar surface area (TPSA) is 75.6 Å². The molecule has 0 bridgehead atoms. The summed E-state index contributed by atoms with van der Waals surface area (Å²) in [4.78, 5) is 22.9. The summed E-state index contributed by atoms with van der Waals surface area (Å²) in [6.45, 7) is 5.41. The van der Waals surface area contributed by atoms with Crippen LogP contribution in [0.1, 0.15) is 49.5 Å². The number of carbonyl (C=O) groups excluding carboxylic acids is 1. The minimum Gasteiger partial charge on any atom is -0.478 e. The van der Waals surface area contributed by atoms with Crippen LogP contribution in [0.2, 0.25) is 0 Å². The van der Waals surface area contributed by atoms with Crippen molar-refractivity contribution in [2.45, 2.75) is 44.8 Å². The van der Waals surface area contributed by atoms with Gasteiger partial charge in [-0.05, 0) is 51.3 Å². The zero-order chi connectivity index (χ0) is 15.0. The van der Waals surface area contributed by atoms with Crippen LogP contribution in [-0.2, 0) is 10.3 Å². The lowest BCUT2D eigenvalue weighted by molar-refractivity contribution is 0.0495. The molecule has 1 fully saturated rings. The molecule has 5 nitrogen and oxygen atoms in total. The maximum Gasteiger partial charge on any atom is 0.408 e. The van der Waals surface area contributed by atoms with E-state index in [4.69, 9.17) is 9.84 Å². The van der Waals surface area contributed by atoms with Gasteiger partial charge in [0, 0.05) is 0 Å². The van der Waals surface area contributed by atoms with Crippen molar-refractivity contribution in [3.05, 3.63) is 35.4 Å². The van der Waals surface area contributed by atoms with Crippen LogP contribution in [0.3, 0.4) is 0 Å². The zero-order valence-electron chi connectivity index (χ0n) is 11.9. The first-order valence-corrected chi connectivity index (χ1v) is 6.57. The Bertz CT molecular complexity index is 541. The molecule has 0 atom stereocenters. The van der Waals surface area contributed by atoms with Crippen LogP contribution in [0.25, 0.3) is 0 Å². The average Bonchev–Trinajstić information content (AvgIpc) is 3.07. The minimum atomic E-state index is -0.972. The lowest BCUT2D eigenvalue weighted by atomic mass is 10.0. The summed E-state index contributed by atoms with van der Waals surface area (Å²) in [5, 5.41) is 11.9. The first kappa shape index (κ1) is 14.4. The molecule has 1 aromatic carbocycles. The molecule has 0 radical (unpaired) electrons. The third-order valence-electron chi connectivity index (χ3n) is 3.15. The van der Waals surface area contributed by atoms with Gasteiger partial charge in [0.15, 0.2) is 0 Å². The Labute approximate surface area is 117 Å². The summed E-state index contributed by atoms with van der Waals surface area (Å²) in [7, 11) is 0. The van der Waals surface area contributed by atoms with Crippen LogP contribution in [0.5, 0.6) is 0 Å². The molecule has 0 unspecified atom stereocenters. The highest BCUT2D eigenvalue weighted by atomic mass is 16.6. The number of carboxylic acid groups (broad SMARTS) is 1. The Morgan fingerprint density at radius 1 is 1.30 bits per heavy atom. The van der Waals surface area contributed by atoms with Crippen LogP contribution in [-0.4, -0.2) is 22.8 Å². The van der Waals surface area contributed by atoms with E-state index < -0.39 is 23.2 Å². The Kier molecular flexibility index (Phi) is 3.46. The van der Waals surface area contributed by atoms with Crippen molar-refractivity contribution in [1.29, 1.82) is 0 Å². The van der Waals surface area contributed by atoms with Crippen LogP contribution >= 0.6 is 0 Å². The van der Waals surface area contributed by atoms with E-state index in [-0.39, 0.29) is 5.56 Å². The maximum atomic E-state index is 11.9. The van der Waals surface area contributed by atoms with E-state index in [1.807, 2.05) is 6.07 Å². The molecule has 5 heteroatoms. The zero-order valence-corrected chi connectivity index (χ0v) is 11.9. The lowest BCUT2D eigenvalue weighted by Gasteiger charge is -2.23. The third kappa shape index (κ3) is 3.29. The number of amides is 1. The fraction of sp³-hybridized carbons (Fsp3) is 0.467. The third-order valence-corrected chi connectivity index (χ3v) is 3.15. The summed E-state index contributed by atoms with van der Waals surface area (Å²) in [6, 6.07) is 6.66. The molecule has 20 heavy (non-hydrogen) atoms. The molecule has 0 heterocycles. The summed E-state index contributed by atoms with van der Waals surface area (Å²) in [5.74, 6) is -0.972. The fourth-order valence-corrected chi connectivity index (χ4v) is 2.06. The number of carbonyl (C=O) groups is 2. The standard InChI is InChI=1S/C15H19NO4/c1-14(2,3)20-13(19)16-15(7-8-15)11-6-4-5-10(9-11)12(17)18/h4-6,9H,7-8H2,1-3H3,(H,16,19)(H,17,18). The number of benzene rings is 1. The van der Waals surface area contributed by atoms with Gasteiger partial charge in [-0.15, -0.1) is 0 Å². The highest BCUT2D eigenvalue weighted by molar-refractivity contribution is 5.88. The quantitative estimate of drug-likeness (QED) is 0.890. The van der Waals surface area contributed by atoms with Gasteiger partial charge in [-0.2, -0.15) is 0 Å². The number of aromatic carboxylic acids is 1. The number of ether oxygens (including phenoxy) is 1. The molecule has 1 aliphatic carbocycles. The molecule has 1 aromatic rings. The monoisotopic (exact) mass is 277 g/mol. The highest BCUT2D eigenvalue weighted by Crippen LogP contribution is 2.45. The first-order valence-electron chi connectivity index (χ1n) is 6.57. The van der Waals surface area contributed by atoms with Gasteiger partial charge in [0.2, 0.25) is 0 Å². The van der Waals surface area contributed by atoms with Crippen molar-refractivity contribution in [1.82, 2.24) is 5.32 Å². The van der Waals surface area contributed by atoms with E-state index in [1.54, 1.807) is 32.9 Å². The lowest BCUT2D eigenvalue weighted by Crippen LogP contribution is -2.39. The normalized spacial score (nSPS) is 16.4. The Balaban J connectivity index is 2.14. The maximum absolute atomic E-state index is 11.9. The van der Waals surface area contributed by atoms with Gasteiger partial charge in [0.1, 0.15) is 5.60 Å². The molecule has 2 rings (SSSR count). The Morgan fingerprint density at radius 2 is 1.95 bits per heavy atom. The van der Waals surface area contributed by atoms with Crippen LogP contribution < -0.4 is 5.32 Å². The molecule has 1 aliphatic rings. The largest absolute Gasteiger partial charge is 0.478 e. The molecule has 0 aromatic heterocycles. The first-order chi connectivity index (χ1) is 9.22. The number of alkyl carbamates (subject to hydrolysis) is 1. The number of hydrogen-bond donors (Lipinski definition) is 2. The molecule has 0 aliphatic heterocycles. The fourth-order valence-electron chi connectivity index (χ4n) is 2.06. The number of rotatable bonds is 3. The summed E-state index contributed by atoms with van der Waals surface area (Å²) >= 11 is 0. The van der Waals surface area contributed by atoms with Gasteiger partial charge in [-0.1, -0.05) is 12.1 Å². The van der Waals surface area contributed by atoms with Crippen molar-refractivity contribution in [2.75, 3.05) is 0 Å². The van der Waals surface area contributed by atoms with Crippen LogP contribution in [0.15, 0.2) is 24.3 Å². The summed E-state index contributed by atoms with van der Waals surface area (Å²) < 4.78 is 5.25. The molecule has 108 valence electrons. The second-order valence-corrected chi connectivity index (χ2v) is 6.09. The van der Waals surface area contributed by atoms with Gasteiger partial charge < -0.3 is 15.2 Å². The van der Waals surface area contributed by atoms with Gasteiger partial charge in [-0.25, -0.2) is 9.59 Å². The van der Waals surface area contributed by atoms with Crippen molar-refractivity contribution in [3.63, 3.8) is 0 Å². The van der Waals surface area contributed by atoms with Gasteiger partial charge >= 0.3 is 12.1 Å². The van der Waals surface area contributed by atoms with E-state index in [1.165, 1.54) is 6.07 Å². The van der Waals surface area contributed by atoms with Crippen LogP contribution in [0, 0.1) is 0 Å². The van der Waals surface area contributed by atoms with Crippen molar-refractivity contribution in [3.8, 4) is 0 Å². The molecular formula is C15H19NO4. The molecule has 0 spiro atoms. The highest BCUT2D eigenvalue weighted by Gasteiger charge is 2.46. The number of nitrogens with one attached hydrogen (secondary N) is 1. The average molecular weight is 277 g/mol. The predicted octanol–water partition coefficient (Wildman–Crippen LogP) is 2.90.